The molecular weight excluding hydrogens is 414 g/mol. The number of hydrogen-bond donors (Lipinski definition) is 3. The number of morpholine rings is 1. The molecule has 30 heavy (non-hydrogen) atoms. The van der Waals surface area contributed by atoms with Crippen LogP contribution in [0.25, 0.3) is 0 Å². The van der Waals surface area contributed by atoms with Gasteiger partial charge in [0.25, 0.3) is 11.8 Å². The highest BCUT2D eigenvalue weighted by Gasteiger charge is 2.27. The molecule has 10 nitrogen and oxygen atoms in total. The van der Waals surface area contributed by atoms with Crippen molar-refractivity contribution in [2.45, 2.75) is 4.90 Å². The summed E-state index contributed by atoms with van der Waals surface area (Å²) in [7, 11) is -3.81. The molecule has 0 aromatic heterocycles. The van der Waals surface area contributed by atoms with Gasteiger partial charge in [0.2, 0.25) is 10.0 Å². The molecule has 2 aromatic rings. The Balaban J connectivity index is 1.84. The van der Waals surface area contributed by atoms with Crippen molar-refractivity contribution < 1.29 is 32.6 Å². The van der Waals surface area contributed by atoms with Gasteiger partial charge in [-0.15, -0.1) is 0 Å². The molecule has 0 atom stereocenters. The van der Waals surface area contributed by atoms with E-state index in [9.17, 15) is 23.1 Å². The molecule has 0 saturated carbocycles. The number of aromatic hydroxyl groups is 1. The Morgan fingerprint density at radius 2 is 1.87 bits per heavy atom. The van der Waals surface area contributed by atoms with Gasteiger partial charge in [-0.3, -0.25) is 9.59 Å². The summed E-state index contributed by atoms with van der Waals surface area (Å²) in [5.41, 5.74) is 5.06. The normalized spacial score (nSPS) is 14.8. The van der Waals surface area contributed by atoms with Crippen molar-refractivity contribution in [3.05, 3.63) is 48.0 Å². The van der Waals surface area contributed by atoms with Gasteiger partial charge in [-0.2, -0.15) is 4.31 Å². The molecule has 0 bridgehead atoms. The number of nitrogens with zero attached hydrogens (tertiary/aromatic N) is 1. The van der Waals surface area contributed by atoms with Crippen molar-refractivity contribution in [3.63, 3.8) is 0 Å². The summed E-state index contributed by atoms with van der Waals surface area (Å²) in [5, 5.41) is 12.6. The smallest absolute Gasteiger partial charge is 0.259 e. The SMILES string of the molecule is NC(=O)COc1ccccc1C(=O)Nc1cc(S(=O)(=O)N2CCOCC2)ccc1O. The fourth-order valence-corrected chi connectivity index (χ4v) is 4.27. The lowest BCUT2D eigenvalue weighted by atomic mass is 10.1. The Morgan fingerprint density at radius 1 is 1.17 bits per heavy atom. The molecule has 1 saturated heterocycles. The quantitative estimate of drug-likeness (QED) is 0.537. The fraction of sp³-hybridized carbons (Fsp3) is 0.263. The molecule has 2 amide bonds. The maximum Gasteiger partial charge on any atom is 0.259 e. The Morgan fingerprint density at radius 3 is 2.57 bits per heavy atom. The molecule has 1 aliphatic heterocycles. The van der Waals surface area contributed by atoms with E-state index in [4.69, 9.17) is 15.2 Å². The van der Waals surface area contributed by atoms with Gasteiger partial charge in [-0.1, -0.05) is 12.1 Å². The molecule has 0 spiro atoms. The summed E-state index contributed by atoms with van der Waals surface area (Å²) in [4.78, 5) is 23.6. The Labute approximate surface area is 173 Å². The van der Waals surface area contributed by atoms with E-state index < -0.39 is 28.4 Å². The zero-order valence-corrected chi connectivity index (χ0v) is 16.7. The van der Waals surface area contributed by atoms with Gasteiger partial charge in [0.1, 0.15) is 11.5 Å². The van der Waals surface area contributed by atoms with E-state index in [-0.39, 0.29) is 40.7 Å². The first kappa shape index (κ1) is 21.6. The summed E-state index contributed by atoms with van der Waals surface area (Å²) in [6, 6.07) is 9.78. The highest BCUT2D eigenvalue weighted by molar-refractivity contribution is 7.89. The van der Waals surface area contributed by atoms with E-state index in [1.165, 1.54) is 34.6 Å². The lowest BCUT2D eigenvalue weighted by Crippen LogP contribution is -2.40. The molecule has 1 fully saturated rings. The minimum Gasteiger partial charge on any atom is -0.506 e. The van der Waals surface area contributed by atoms with Crippen LogP contribution in [0.4, 0.5) is 5.69 Å². The maximum absolute atomic E-state index is 12.8. The van der Waals surface area contributed by atoms with Crippen LogP contribution >= 0.6 is 0 Å². The molecule has 2 aromatic carbocycles. The average molecular weight is 435 g/mol. The Kier molecular flexibility index (Phi) is 6.55. The monoisotopic (exact) mass is 435 g/mol. The van der Waals surface area contributed by atoms with Crippen LogP contribution in [0.3, 0.4) is 0 Å². The van der Waals surface area contributed by atoms with Crippen LogP contribution in [0.15, 0.2) is 47.4 Å². The fourth-order valence-electron chi connectivity index (χ4n) is 2.83. The predicted octanol–water partition coefficient (Wildman–Crippen LogP) is 0.529. The van der Waals surface area contributed by atoms with Crippen LogP contribution < -0.4 is 15.8 Å². The number of para-hydroxylation sites is 1. The second-order valence-corrected chi connectivity index (χ2v) is 8.34. The number of phenolic OH excluding ortho intramolecular Hbond substituents is 1. The van der Waals surface area contributed by atoms with Crippen molar-refractivity contribution in [1.29, 1.82) is 0 Å². The zero-order valence-electron chi connectivity index (χ0n) is 15.9. The van der Waals surface area contributed by atoms with Crippen molar-refractivity contribution in [2.24, 2.45) is 5.73 Å². The van der Waals surface area contributed by atoms with Crippen LogP contribution in [-0.2, 0) is 19.6 Å². The first-order chi connectivity index (χ1) is 14.3. The van der Waals surface area contributed by atoms with Crippen molar-refractivity contribution >= 4 is 27.5 Å². The number of nitrogens with one attached hydrogen (secondary N) is 1. The number of rotatable bonds is 7. The third kappa shape index (κ3) is 4.87. The van der Waals surface area contributed by atoms with Gasteiger partial charge in [0.15, 0.2) is 6.61 Å². The van der Waals surface area contributed by atoms with Gasteiger partial charge < -0.3 is 25.6 Å². The van der Waals surface area contributed by atoms with Gasteiger partial charge in [0.05, 0.1) is 29.4 Å². The number of primary amides is 1. The molecule has 4 N–H and O–H groups in total. The predicted molar refractivity (Wildman–Crippen MR) is 107 cm³/mol. The van der Waals surface area contributed by atoms with Crippen LogP contribution in [0.5, 0.6) is 11.5 Å². The molecule has 0 unspecified atom stereocenters. The molecule has 1 aliphatic rings. The van der Waals surface area contributed by atoms with Gasteiger partial charge in [-0.25, -0.2) is 8.42 Å². The van der Waals surface area contributed by atoms with Gasteiger partial charge in [0, 0.05) is 13.1 Å². The third-order valence-electron chi connectivity index (χ3n) is 4.33. The van der Waals surface area contributed by atoms with Crippen LogP contribution in [0.2, 0.25) is 0 Å². The number of sulfonamides is 1. The van der Waals surface area contributed by atoms with E-state index in [0.717, 1.165) is 0 Å². The summed E-state index contributed by atoms with van der Waals surface area (Å²) in [6.45, 7) is 0.611. The number of hydrogen-bond acceptors (Lipinski definition) is 7. The molecule has 160 valence electrons. The van der Waals surface area contributed by atoms with E-state index in [2.05, 4.69) is 5.32 Å². The molecule has 0 aliphatic carbocycles. The van der Waals surface area contributed by atoms with Crippen molar-refractivity contribution in [1.82, 2.24) is 4.31 Å². The summed E-state index contributed by atoms with van der Waals surface area (Å²) in [6.07, 6.45) is 0. The van der Waals surface area contributed by atoms with E-state index >= 15 is 0 Å². The molecule has 3 rings (SSSR count). The Bertz CT molecular complexity index is 1050. The number of carbonyl (C=O) groups is 2. The Hall–Kier alpha value is -3.15. The summed E-state index contributed by atoms with van der Waals surface area (Å²) in [5.74, 6) is -1.56. The first-order valence-corrected chi connectivity index (χ1v) is 10.5. The van der Waals surface area contributed by atoms with Crippen LogP contribution in [-0.4, -0.2) is 62.6 Å². The van der Waals surface area contributed by atoms with E-state index in [0.29, 0.717) is 13.2 Å². The molecule has 1 heterocycles. The third-order valence-corrected chi connectivity index (χ3v) is 6.22. The van der Waals surface area contributed by atoms with E-state index in [1.54, 1.807) is 12.1 Å². The summed E-state index contributed by atoms with van der Waals surface area (Å²) < 4.78 is 37.3. The number of benzene rings is 2. The number of ether oxygens (including phenoxy) is 2. The van der Waals surface area contributed by atoms with Crippen LogP contribution in [0, 0.1) is 0 Å². The minimum absolute atomic E-state index is 0.0734. The highest BCUT2D eigenvalue weighted by Crippen LogP contribution is 2.29. The van der Waals surface area contributed by atoms with Crippen LogP contribution in [0.1, 0.15) is 10.4 Å². The average Bonchev–Trinajstić information content (AvgIpc) is 2.74. The van der Waals surface area contributed by atoms with Crippen molar-refractivity contribution in [2.75, 3.05) is 38.2 Å². The van der Waals surface area contributed by atoms with Gasteiger partial charge >= 0.3 is 0 Å². The second-order valence-electron chi connectivity index (χ2n) is 6.40. The highest BCUT2D eigenvalue weighted by atomic mass is 32.2. The zero-order chi connectivity index (χ0) is 21.7. The number of carbonyl (C=O) groups excluding carboxylic acids is 2. The lowest BCUT2D eigenvalue weighted by molar-refractivity contribution is -0.119. The topological polar surface area (TPSA) is 148 Å². The number of anilines is 1. The standard InChI is InChI=1S/C19H21N3O7S/c20-18(24)12-29-17-4-2-1-3-14(17)19(25)21-15-11-13(5-6-16(15)23)30(26,27)22-7-9-28-10-8-22/h1-6,11,23H,7-10,12H2,(H2,20,24)(H,21,25). The van der Waals surface area contributed by atoms with Gasteiger partial charge in [-0.05, 0) is 30.3 Å². The lowest BCUT2D eigenvalue weighted by Gasteiger charge is -2.26. The van der Waals surface area contributed by atoms with E-state index in [1.807, 2.05) is 0 Å². The number of phenols is 1. The maximum atomic E-state index is 12.8. The minimum atomic E-state index is -3.81. The first-order valence-electron chi connectivity index (χ1n) is 9.01. The number of amides is 2. The largest absolute Gasteiger partial charge is 0.506 e. The molecule has 11 heteroatoms. The molecule has 0 radical (unpaired) electrons. The summed E-state index contributed by atoms with van der Waals surface area (Å²) >= 11 is 0. The molecular formula is C19H21N3O7S. The second kappa shape index (κ2) is 9.11. The van der Waals surface area contributed by atoms with Crippen molar-refractivity contribution in [3.8, 4) is 11.5 Å². The number of nitrogens with two attached hydrogens (primary N) is 1.